The van der Waals surface area contributed by atoms with Crippen LogP contribution in [0.25, 0.3) is 16.2 Å². The number of hydroxylamine groups is 2. The van der Waals surface area contributed by atoms with Gasteiger partial charge >= 0.3 is 18.1 Å². The molecule has 0 aliphatic carbocycles. The van der Waals surface area contributed by atoms with Crippen LogP contribution in [0.1, 0.15) is 22.3 Å². The van der Waals surface area contributed by atoms with Crippen LogP contribution in [0.2, 0.25) is 0 Å². The van der Waals surface area contributed by atoms with Crippen molar-refractivity contribution in [1.82, 2.24) is 19.6 Å². The van der Waals surface area contributed by atoms with Crippen molar-refractivity contribution in [2.45, 2.75) is 25.6 Å². The van der Waals surface area contributed by atoms with Crippen LogP contribution >= 0.6 is 11.3 Å². The minimum atomic E-state index is -5.08. The van der Waals surface area contributed by atoms with E-state index in [0.29, 0.717) is 35.2 Å². The number of aliphatic carboxylic acids is 1. The van der Waals surface area contributed by atoms with Crippen LogP contribution in [0.4, 0.5) is 19.0 Å². The van der Waals surface area contributed by atoms with Gasteiger partial charge < -0.3 is 20.8 Å². The summed E-state index contributed by atoms with van der Waals surface area (Å²) in [6.07, 6.45) is -2.19. The van der Waals surface area contributed by atoms with Gasteiger partial charge in [0.25, 0.3) is 0 Å². The Morgan fingerprint density at radius 2 is 1.92 bits per heavy atom. The third-order valence-corrected chi connectivity index (χ3v) is 6.20. The normalized spacial score (nSPS) is 13.4. The standard InChI is InChI=1S/C20H22N6O5S.C2HF3O2/c1-11-7-14(25-8-12(9-25)31-24(2)15(27)3-4-21)23-18-16(11)17(28)13(19(29)30)10-26(18)20-22-5-6-32-20;3-2(4,5)1(6)7/h5-7,10,12H,3-4,8-9,21H2,1-2H3,(H,29,30);(H,6,7). The number of carboxylic acid groups (broad SMARTS) is 2. The summed E-state index contributed by atoms with van der Waals surface area (Å²) in [6.45, 7) is 3.02. The Hall–Kier alpha value is -4.09. The predicted molar refractivity (Wildman–Crippen MR) is 132 cm³/mol. The maximum absolute atomic E-state index is 12.8. The number of nitrogens with two attached hydrogens (primary N) is 1. The molecule has 13 nitrogen and oxygen atoms in total. The molecule has 1 amide bonds. The average Bonchev–Trinajstić information content (AvgIpc) is 3.35. The molecular formula is C22H23F3N6O7S. The molecule has 0 unspecified atom stereocenters. The summed E-state index contributed by atoms with van der Waals surface area (Å²) < 4.78 is 33.3. The molecule has 210 valence electrons. The van der Waals surface area contributed by atoms with E-state index >= 15 is 0 Å². The van der Waals surface area contributed by atoms with Crippen LogP contribution in [0.5, 0.6) is 0 Å². The lowest BCUT2D eigenvalue weighted by Gasteiger charge is -2.41. The molecule has 0 saturated carbocycles. The number of fused-ring (bicyclic) bond motifs is 1. The SMILES string of the molecule is Cc1cc(N2CC(ON(C)C(=O)CCN)C2)nc2c1c(=O)c(C(=O)O)cn2-c1nccs1.O=C(O)C(F)(F)F. The zero-order valence-corrected chi connectivity index (χ0v) is 21.3. The number of pyridine rings is 2. The number of thiazole rings is 1. The second-order valence-corrected chi connectivity index (χ2v) is 9.10. The summed E-state index contributed by atoms with van der Waals surface area (Å²) in [4.78, 5) is 61.7. The van der Waals surface area contributed by atoms with Gasteiger partial charge in [-0.05, 0) is 18.6 Å². The van der Waals surface area contributed by atoms with Gasteiger partial charge in [0.05, 0.1) is 18.5 Å². The second kappa shape index (κ2) is 11.7. The number of anilines is 1. The largest absolute Gasteiger partial charge is 0.490 e. The minimum Gasteiger partial charge on any atom is -0.477 e. The highest BCUT2D eigenvalue weighted by Crippen LogP contribution is 2.27. The molecule has 0 radical (unpaired) electrons. The topological polar surface area (TPSA) is 181 Å². The van der Waals surface area contributed by atoms with Gasteiger partial charge in [-0.3, -0.25) is 19.0 Å². The number of alkyl halides is 3. The van der Waals surface area contributed by atoms with Gasteiger partial charge in [-0.25, -0.2) is 24.6 Å². The number of aryl methyl sites for hydroxylation is 1. The first-order chi connectivity index (χ1) is 18.2. The predicted octanol–water partition coefficient (Wildman–Crippen LogP) is 1.41. The summed E-state index contributed by atoms with van der Waals surface area (Å²) in [5, 5.41) is 20.3. The number of rotatable bonds is 7. The number of carbonyl (C=O) groups excluding carboxylic acids is 1. The first-order valence-electron chi connectivity index (χ1n) is 11.1. The molecule has 0 aromatic carbocycles. The average molecular weight is 573 g/mol. The van der Waals surface area contributed by atoms with Crippen molar-refractivity contribution >= 4 is 46.0 Å². The number of hydrogen-bond donors (Lipinski definition) is 3. The summed E-state index contributed by atoms with van der Waals surface area (Å²) in [5.74, 6) is -3.62. The molecule has 1 aliphatic heterocycles. The van der Waals surface area contributed by atoms with E-state index in [9.17, 15) is 32.7 Å². The van der Waals surface area contributed by atoms with E-state index in [1.54, 1.807) is 31.6 Å². The van der Waals surface area contributed by atoms with E-state index in [2.05, 4.69) is 9.97 Å². The summed E-state index contributed by atoms with van der Waals surface area (Å²) in [6, 6.07) is 1.75. The Bertz CT molecular complexity index is 1440. The van der Waals surface area contributed by atoms with Gasteiger partial charge in [0.2, 0.25) is 11.3 Å². The Labute approximate surface area is 221 Å². The molecule has 4 rings (SSSR count). The zero-order chi connectivity index (χ0) is 29.1. The number of amides is 1. The number of carbonyl (C=O) groups is 3. The molecule has 1 saturated heterocycles. The van der Waals surface area contributed by atoms with Gasteiger partial charge in [-0.15, -0.1) is 11.3 Å². The lowest BCUT2D eigenvalue weighted by atomic mass is 10.1. The number of hydrogen-bond acceptors (Lipinski definition) is 10. The molecular weight excluding hydrogens is 549 g/mol. The van der Waals surface area contributed by atoms with Crippen LogP contribution in [0, 0.1) is 6.92 Å². The third-order valence-electron chi connectivity index (χ3n) is 5.43. The van der Waals surface area contributed by atoms with Crippen molar-refractivity contribution < 1.29 is 42.6 Å². The number of aromatic carboxylic acids is 1. The van der Waals surface area contributed by atoms with Crippen molar-refractivity contribution in [3.8, 4) is 5.13 Å². The van der Waals surface area contributed by atoms with Crippen LogP contribution in [-0.2, 0) is 14.4 Å². The van der Waals surface area contributed by atoms with Crippen molar-refractivity contribution in [1.29, 1.82) is 0 Å². The fraction of sp³-hybridized carbons (Fsp3) is 0.364. The van der Waals surface area contributed by atoms with Gasteiger partial charge in [0.1, 0.15) is 17.5 Å². The Kier molecular flexibility index (Phi) is 8.88. The lowest BCUT2D eigenvalue weighted by Crippen LogP contribution is -2.55. The van der Waals surface area contributed by atoms with Crippen LogP contribution in [-0.4, -0.2) is 86.6 Å². The molecule has 17 heteroatoms. The van der Waals surface area contributed by atoms with Crippen molar-refractivity contribution in [3.63, 3.8) is 0 Å². The van der Waals surface area contributed by atoms with E-state index in [0.717, 1.165) is 0 Å². The molecule has 4 N–H and O–H groups in total. The van der Waals surface area contributed by atoms with E-state index < -0.39 is 23.5 Å². The fourth-order valence-corrected chi connectivity index (χ4v) is 4.15. The quantitative estimate of drug-likeness (QED) is 0.348. The van der Waals surface area contributed by atoms with Gasteiger partial charge in [0.15, 0.2) is 10.8 Å². The Morgan fingerprint density at radius 3 is 2.44 bits per heavy atom. The molecule has 39 heavy (non-hydrogen) atoms. The second-order valence-electron chi connectivity index (χ2n) is 8.22. The number of halogens is 3. The monoisotopic (exact) mass is 572 g/mol. The molecule has 0 bridgehead atoms. The van der Waals surface area contributed by atoms with Crippen molar-refractivity contribution in [2.75, 3.05) is 31.6 Å². The molecule has 1 fully saturated rings. The molecule has 3 aromatic rings. The summed E-state index contributed by atoms with van der Waals surface area (Å²) in [7, 11) is 1.56. The smallest absolute Gasteiger partial charge is 0.477 e. The van der Waals surface area contributed by atoms with E-state index in [-0.39, 0.29) is 35.9 Å². The molecule has 3 aromatic heterocycles. The summed E-state index contributed by atoms with van der Waals surface area (Å²) in [5.41, 5.74) is 5.44. The van der Waals surface area contributed by atoms with Gasteiger partial charge in [-0.2, -0.15) is 13.2 Å². The van der Waals surface area contributed by atoms with Crippen LogP contribution in [0.3, 0.4) is 0 Å². The van der Waals surface area contributed by atoms with Gasteiger partial charge in [0, 0.05) is 37.8 Å². The zero-order valence-electron chi connectivity index (χ0n) is 20.5. The maximum atomic E-state index is 12.8. The number of aromatic nitrogens is 3. The highest BCUT2D eigenvalue weighted by atomic mass is 32.1. The number of carboxylic acids is 2. The van der Waals surface area contributed by atoms with E-state index in [1.807, 2.05) is 4.90 Å². The van der Waals surface area contributed by atoms with Crippen molar-refractivity contribution in [2.24, 2.45) is 5.73 Å². The molecule has 1 aliphatic rings. The van der Waals surface area contributed by atoms with Crippen molar-refractivity contribution in [3.05, 3.63) is 45.2 Å². The van der Waals surface area contributed by atoms with Crippen LogP contribution < -0.4 is 16.1 Å². The lowest BCUT2D eigenvalue weighted by molar-refractivity contribution is -0.200. The van der Waals surface area contributed by atoms with E-state index in [4.69, 9.17) is 20.5 Å². The first kappa shape index (κ1) is 29.5. The Morgan fingerprint density at radius 1 is 1.28 bits per heavy atom. The molecule has 0 spiro atoms. The maximum Gasteiger partial charge on any atom is 0.490 e. The number of nitrogens with zero attached hydrogens (tertiary/aromatic N) is 5. The molecule has 0 atom stereocenters. The van der Waals surface area contributed by atoms with Crippen LogP contribution in [0.15, 0.2) is 28.6 Å². The summed E-state index contributed by atoms with van der Waals surface area (Å²) >= 11 is 1.31. The third kappa shape index (κ3) is 6.68. The highest BCUT2D eigenvalue weighted by Gasteiger charge is 2.38. The Balaban J connectivity index is 0.000000532. The fourth-order valence-electron chi connectivity index (χ4n) is 3.53. The highest BCUT2D eigenvalue weighted by molar-refractivity contribution is 7.12. The van der Waals surface area contributed by atoms with Gasteiger partial charge in [-0.1, -0.05) is 0 Å². The van der Waals surface area contributed by atoms with E-state index in [1.165, 1.54) is 27.2 Å². The molecule has 4 heterocycles. The first-order valence-corrected chi connectivity index (χ1v) is 12.0. The minimum absolute atomic E-state index is 0.185.